The van der Waals surface area contributed by atoms with E-state index in [0.717, 1.165) is 0 Å². The molecular weight excluding hydrogens is 252 g/mol. The molecule has 0 spiro atoms. The van der Waals surface area contributed by atoms with Gasteiger partial charge in [0.05, 0.1) is 12.6 Å². The smallest absolute Gasteiger partial charge is 0.252 e. The molecule has 1 aromatic rings. The zero-order valence-electron chi connectivity index (χ0n) is 10.3. The highest BCUT2D eigenvalue weighted by molar-refractivity contribution is 7.08. The van der Waals surface area contributed by atoms with Crippen LogP contribution in [0.25, 0.3) is 0 Å². The first-order valence-electron chi connectivity index (χ1n) is 5.88. The van der Waals surface area contributed by atoms with E-state index in [1.165, 1.54) is 11.3 Å². The van der Waals surface area contributed by atoms with E-state index in [1.807, 2.05) is 12.3 Å². The standard InChI is InChI=1S/C12H18N2O3S/c1-2-10(7-15)14-11(16)3-5-13-12(17)9-4-6-18-8-9/h4,6,8,10,15H,2-3,5,7H2,1H3,(H,13,17)(H,14,16)/t10-/m0/s1. The summed E-state index contributed by atoms with van der Waals surface area (Å²) in [5.74, 6) is -0.334. The normalized spacial score (nSPS) is 11.9. The van der Waals surface area contributed by atoms with Gasteiger partial charge in [0.1, 0.15) is 0 Å². The molecule has 6 heteroatoms. The van der Waals surface area contributed by atoms with Crippen molar-refractivity contribution in [2.75, 3.05) is 13.2 Å². The molecule has 0 unspecified atom stereocenters. The lowest BCUT2D eigenvalue weighted by Gasteiger charge is -2.13. The van der Waals surface area contributed by atoms with Crippen LogP contribution < -0.4 is 10.6 Å². The second kappa shape index (κ2) is 7.84. The largest absolute Gasteiger partial charge is 0.394 e. The van der Waals surface area contributed by atoms with Gasteiger partial charge in [0.25, 0.3) is 5.91 Å². The fourth-order valence-electron chi connectivity index (χ4n) is 1.36. The Hall–Kier alpha value is -1.40. The van der Waals surface area contributed by atoms with E-state index in [1.54, 1.807) is 11.4 Å². The number of nitrogens with one attached hydrogen (secondary N) is 2. The van der Waals surface area contributed by atoms with Gasteiger partial charge in [0, 0.05) is 23.9 Å². The highest BCUT2D eigenvalue weighted by atomic mass is 32.1. The summed E-state index contributed by atoms with van der Waals surface area (Å²) in [6.45, 7) is 2.12. The molecule has 0 saturated carbocycles. The third-order valence-corrected chi connectivity index (χ3v) is 3.18. The third kappa shape index (κ3) is 4.85. The van der Waals surface area contributed by atoms with E-state index in [-0.39, 0.29) is 30.9 Å². The van der Waals surface area contributed by atoms with Gasteiger partial charge < -0.3 is 15.7 Å². The Labute approximate surface area is 110 Å². The molecule has 1 rings (SSSR count). The van der Waals surface area contributed by atoms with Crippen LogP contribution in [0.1, 0.15) is 30.1 Å². The molecule has 5 nitrogen and oxygen atoms in total. The van der Waals surface area contributed by atoms with Crippen molar-refractivity contribution in [3.05, 3.63) is 22.4 Å². The number of aliphatic hydroxyl groups excluding tert-OH is 1. The summed E-state index contributed by atoms with van der Waals surface area (Å²) < 4.78 is 0. The number of hydrogen-bond donors (Lipinski definition) is 3. The van der Waals surface area contributed by atoms with Gasteiger partial charge in [-0.05, 0) is 17.9 Å². The summed E-state index contributed by atoms with van der Waals surface area (Å²) in [5.41, 5.74) is 0.613. The van der Waals surface area contributed by atoms with Crippen LogP contribution in [0.3, 0.4) is 0 Å². The molecule has 0 radical (unpaired) electrons. The van der Waals surface area contributed by atoms with Crippen LogP contribution in [0.4, 0.5) is 0 Å². The summed E-state index contributed by atoms with van der Waals surface area (Å²) in [6.07, 6.45) is 0.899. The Bertz CT molecular complexity index is 375. The van der Waals surface area contributed by atoms with Crippen molar-refractivity contribution in [3.63, 3.8) is 0 Å². The zero-order chi connectivity index (χ0) is 13.4. The molecule has 0 aliphatic heterocycles. The van der Waals surface area contributed by atoms with Crippen molar-refractivity contribution in [3.8, 4) is 0 Å². The zero-order valence-corrected chi connectivity index (χ0v) is 11.1. The summed E-state index contributed by atoms with van der Waals surface area (Å²) >= 11 is 1.45. The lowest BCUT2D eigenvalue weighted by Crippen LogP contribution is -2.38. The van der Waals surface area contributed by atoms with Crippen LogP contribution in [0, 0.1) is 0 Å². The molecule has 0 aliphatic rings. The minimum atomic E-state index is -0.204. The van der Waals surface area contributed by atoms with Gasteiger partial charge in [-0.2, -0.15) is 11.3 Å². The number of aliphatic hydroxyl groups is 1. The van der Waals surface area contributed by atoms with Crippen molar-refractivity contribution in [2.24, 2.45) is 0 Å². The van der Waals surface area contributed by atoms with Gasteiger partial charge in [-0.1, -0.05) is 6.92 Å². The molecule has 18 heavy (non-hydrogen) atoms. The third-order valence-electron chi connectivity index (χ3n) is 2.50. The van der Waals surface area contributed by atoms with Crippen LogP contribution in [0.2, 0.25) is 0 Å². The molecule has 0 aliphatic carbocycles. The summed E-state index contributed by atoms with van der Waals surface area (Å²) in [4.78, 5) is 23.0. The predicted molar refractivity (Wildman–Crippen MR) is 70.6 cm³/mol. The fourth-order valence-corrected chi connectivity index (χ4v) is 2.00. The van der Waals surface area contributed by atoms with Crippen molar-refractivity contribution < 1.29 is 14.7 Å². The van der Waals surface area contributed by atoms with Gasteiger partial charge in [-0.3, -0.25) is 9.59 Å². The van der Waals surface area contributed by atoms with Crippen molar-refractivity contribution >= 4 is 23.2 Å². The minimum Gasteiger partial charge on any atom is -0.394 e. The molecular formula is C12H18N2O3S. The minimum absolute atomic E-state index is 0.0660. The molecule has 1 aromatic heterocycles. The first-order chi connectivity index (χ1) is 8.67. The first-order valence-corrected chi connectivity index (χ1v) is 6.82. The van der Waals surface area contributed by atoms with E-state index in [4.69, 9.17) is 5.11 Å². The molecule has 0 aromatic carbocycles. The maximum atomic E-state index is 11.5. The van der Waals surface area contributed by atoms with Crippen molar-refractivity contribution in [1.82, 2.24) is 10.6 Å². The quantitative estimate of drug-likeness (QED) is 0.684. The number of rotatable bonds is 7. The molecule has 2 amide bonds. The number of carbonyl (C=O) groups is 2. The average molecular weight is 270 g/mol. The Morgan fingerprint density at radius 1 is 1.50 bits per heavy atom. The summed E-state index contributed by atoms with van der Waals surface area (Å²) in [5, 5.41) is 17.9. The average Bonchev–Trinajstić information content (AvgIpc) is 2.89. The first kappa shape index (κ1) is 14.7. The lowest BCUT2D eigenvalue weighted by molar-refractivity contribution is -0.122. The predicted octanol–water partition coefficient (Wildman–Crippen LogP) is 0.755. The van der Waals surface area contributed by atoms with E-state index < -0.39 is 0 Å². The molecule has 0 saturated heterocycles. The number of thiophene rings is 1. The summed E-state index contributed by atoms with van der Waals surface area (Å²) in [6, 6.07) is 1.53. The molecule has 0 fully saturated rings. The van der Waals surface area contributed by atoms with E-state index in [0.29, 0.717) is 18.5 Å². The Morgan fingerprint density at radius 3 is 2.83 bits per heavy atom. The van der Waals surface area contributed by atoms with Crippen LogP contribution >= 0.6 is 11.3 Å². The van der Waals surface area contributed by atoms with Gasteiger partial charge in [-0.15, -0.1) is 0 Å². The summed E-state index contributed by atoms with van der Waals surface area (Å²) in [7, 11) is 0. The fraction of sp³-hybridized carbons (Fsp3) is 0.500. The maximum Gasteiger partial charge on any atom is 0.252 e. The monoisotopic (exact) mass is 270 g/mol. The Kier molecular flexibility index (Phi) is 6.38. The van der Waals surface area contributed by atoms with E-state index in [9.17, 15) is 9.59 Å². The molecule has 100 valence electrons. The number of carbonyl (C=O) groups excluding carboxylic acids is 2. The van der Waals surface area contributed by atoms with Crippen LogP contribution in [0.5, 0.6) is 0 Å². The topological polar surface area (TPSA) is 78.4 Å². The number of amides is 2. The van der Waals surface area contributed by atoms with Gasteiger partial charge in [-0.25, -0.2) is 0 Å². The van der Waals surface area contributed by atoms with Gasteiger partial charge >= 0.3 is 0 Å². The molecule has 1 atom stereocenters. The molecule has 1 heterocycles. The van der Waals surface area contributed by atoms with E-state index >= 15 is 0 Å². The van der Waals surface area contributed by atoms with Crippen LogP contribution in [-0.4, -0.2) is 36.1 Å². The lowest BCUT2D eigenvalue weighted by atomic mass is 10.2. The van der Waals surface area contributed by atoms with Crippen molar-refractivity contribution in [2.45, 2.75) is 25.8 Å². The van der Waals surface area contributed by atoms with Gasteiger partial charge in [0.2, 0.25) is 5.91 Å². The SMILES string of the molecule is CC[C@@H](CO)NC(=O)CCNC(=O)c1ccsc1. The van der Waals surface area contributed by atoms with Gasteiger partial charge in [0.15, 0.2) is 0 Å². The second-order valence-corrected chi connectivity index (χ2v) is 4.65. The van der Waals surface area contributed by atoms with E-state index in [2.05, 4.69) is 10.6 Å². The molecule has 3 N–H and O–H groups in total. The number of hydrogen-bond acceptors (Lipinski definition) is 4. The maximum absolute atomic E-state index is 11.5. The highest BCUT2D eigenvalue weighted by Crippen LogP contribution is 2.05. The Balaban J connectivity index is 2.21. The Morgan fingerprint density at radius 2 is 2.28 bits per heavy atom. The van der Waals surface area contributed by atoms with Crippen LogP contribution in [-0.2, 0) is 4.79 Å². The van der Waals surface area contributed by atoms with Crippen molar-refractivity contribution in [1.29, 1.82) is 0 Å². The second-order valence-electron chi connectivity index (χ2n) is 3.87. The highest BCUT2D eigenvalue weighted by Gasteiger charge is 2.10. The van der Waals surface area contributed by atoms with Crippen LogP contribution in [0.15, 0.2) is 16.8 Å². The molecule has 0 bridgehead atoms.